The quantitative estimate of drug-likeness (QED) is 0.507. The molecule has 0 radical (unpaired) electrons. The van der Waals surface area contributed by atoms with Gasteiger partial charge in [0, 0.05) is 32.1 Å². The Labute approximate surface area is 204 Å². The van der Waals surface area contributed by atoms with Gasteiger partial charge in [0.05, 0.1) is 18.1 Å². The molecule has 9 nitrogen and oxygen atoms in total. The van der Waals surface area contributed by atoms with Crippen LogP contribution < -0.4 is 21.1 Å². The standard InChI is InChI=1S/C26H31N5O4/c1-3-31-22-12-8-7-11-20(22)28-23(24(31)32)30-15-13-19(14-16-30)27-26(34)29-21(25(33)35-2)17-18-9-5-4-6-10-18/h4-12,19,21H,3,13-17H2,1-2H3,(H2,27,29,34). The largest absolute Gasteiger partial charge is 0.467 e. The normalized spacial score (nSPS) is 15.0. The lowest BCUT2D eigenvalue weighted by Gasteiger charge is -2.33. The van der Waals surface area contributed by atoms with Gasteiger partial charge in [-0.25, -0.2) is 14.6 Å². The van der Waals surface area contributed by atoms with Crippen LogP contribution in [0, 0.1) is 0 Å². The smallest absolute Gasteiger partial charge is 0.328 e. The Balaban J connectivity index is 1.37. The minimum Gasteiger partial charge on any atom is -0.467 e. The van der Waals surface area contributed by atoms with Crippen LogP contribution in [0.4, 0.5) is 10.6 Å². The van der Waals surface area contributed by atoms with E-state index >= 15 is 0 Å². The molecule has 2 amide bonds. The molecule has 1 saturated heterocycles. The summed E-state index contributed by atoms with van der Waals surface area (Å²) in [4.78, 5) is 44.6. The number of piperidine rings is 1. The second kappa shape index (κ2) is 11.0. The molecule has 2 aromatic carbocycles. The summed E-state index contributed by atoms with van der Waals surface area (Å²) in [5.41, 5.74) is 2.44. The number of esters is 1. The number of aryl methyl sites for hydroxylation is 1. The number of anilines is 1. The van der Waals surface area contributed by atoms with Crippen molar-refractivity contribution in [1.82, 2.24) is 20.2 Å². The molecule has 0 bridgehead atoms. The number of para-hydroxylation sites is 2. The average molecular weight is 478 g/mol. The predicted molar refractivity (Wildman–Crippen MR) is 135 cm³/mol. The van der Waals surface area contributed by atoms with E-state index in [0.717, 1.165) is 16.6 Å². The number of nitrogens with zero attached hydrogens (tertiary/aromatic N) is 3. The zero-order valence-electron chi connectivity index (χ0n) is 20.1. The van der Waals surface area contributed by atoms with E-state index in [0.29, 0.717) is 44.7 Å². The van der Waals surface area contributed by atoms with Crippen LogP contribution in [-0.2, 0) is 22.5 Å². The van der Waals surface area contributed by atoms with Gasteiger partial charge in [-0.3, -0.25) is 4.79 Å². The summed E-state index contributed by atoms with van der Waals surface area (Å²) in [6.45, 7) is 3.71. The second-order valence-electron chi connectivity index (χ2n) is 8.62. The predicted octanol–water partition coefficient (Wildman–Crippen LogP) is 2.47. The number of benzene rings is 2. The lowest BCUT2D eigenvalue weighted by atomic mass is 10.0. The summed E-state index contributed by atoms with van der Waals surface area (Å²) < 4.78 is 6.62. The van der Waals surface area contributed by atoms with Gasteiger partial charge < -0.3 is 24.8 Å². The first-order valence-corrected chi connectivity index (χ1v) is 11.9. The highest BCUT2D eigenvalue weighted by Crippen LogP contribution is 2.19. The van der Waals surface area contributed by atoms with E-state index in [9.17, 15) is 14.4 Å². The number of carbonyl (C=O) groups excluding carboxylic acids is 2. The third-order valence-corrected chi connectivity index (χ3v) is 6.35. The van der Waals surface area contributed by atoms with Gasteiger partial charge in [0.2, 0.25) is 0 Å². The molecule has 1 aromatic heterocycles. The van der Waals surface area contributed by atoms with Gasteiger partial charge in [-0.15, -0.1) is 0 Å². The van der Waals surface area contributed by atoms with Crippen LogP contribution in [0.2, 0.25) is 0 Å². The van der Waals surface area contributed by atoms with E-state index in [4.69, 9.17) is 4.74 Å². The number of urea groups is 1. The Hall–Kier alpha value is -3.88. The van der Waals surface area contributed by atoms with Crippen LogP contribution in [0.5, 0.6) is 0 Å². The van der Waals surface area contributed by atoms with Crippen LogP contribution in [0.3, 0.4) is 0 Å². The van der Waals surface area contributed by atoms with E-state index in [1.165, 1.54) is 7.11 Å². The number of carbonyl (C=O) groups is 2. The minimum atomic E-state index is -0.781. The molecule has 1 aliphatic heterocycles. The first kappa shape index (κ1) is 24.3. The first-order chi connectivity index (χ1) is 17.0. The highest BCUT2D eigenvalue weighted by molar-refractivity contribution is 5.84. The van der Waals surface area contributed by atoms with Crippen molar-refractivity contribution in [1.29, 1.82) is 0 Å². The molecule has 0 saturated carbocycles. The van der Waals surface area contributed by atoms with Crippen molar-refractivity contribution in [3.8, 4) is 0 Å². The van der Waals surface area contributed by atoms with Crippen LogP contribution in [0.1, 0.15) is 25.3 Å². The molecule has 0 aliphatic carbocycles. The van der Waals surface area contributed by atoms with E-state index < -0.39 is 18.0 Å². The summed E-state index contributed by atoms with van der Waals surface area (Å²) in [6, 6.07) is 15.8. The number of hydrogen-bond donors (Lipinski definition) is 2. The van der Waals surface area contributed by atoms with Gasteiger partial charge in [0.25, 0.3) is 5.56 Å². The SMILES string of the molecule is CCn1c(=O)c(N2CCC(NC(=O)NC(Cc3ccccc3)C(=O)OC)CC2)nc2ccccc21. The van der Waals surface area contributed by atoms with Gasteiger partial charge in [0.15, 0.2) is 5.82 Å². The zero-order chi connectivity index (χ0) is 24.8. The summed E-state index contributed by atoms with van der Waals surface area (Å²) >= 11 is 0. The zero-order valence-corrected chi connectivity index (χ0v) is 20.1. The number of hydrogen-bond acceptors (Lipinski definition) is 6. The van der Waals surface area contributed by atoms with Crippen molar-refractivity contribution in [3.05, 3.63) is 70.5 Å². The third-order valence-electron chi connectivity index (χ3n) is 6.35. The molecule has 1 aliphatic rings. The fourth-order valence-corrected chi connectivity index (χ4v) is 4.51. The maximum Gasteiger partial charge on any atom is 0.328 e. The molecule has 4 rings (SSSR count). The highest BCUT2D eigenvalue weighted by Gasteiger charge is 2.27. The topological polar surface area (TPSA) is 106 Å². The number of rotatable bonds is 7. The second-order valence-corrected chi connectivity index (χ2v) is 8.62. The Bertz CT molecular complexity index is 1240. The molecule has 35 heavy (non-hydrogen) atoms. The number of methoxy groups -OCH3 is 1. The summed E-state index contributed by atoms with van der Waals surface area (Å²) in [5, 5.41) is 5.71. The molecule has 184 valence electrons. The molecular weight excluding hydrogens is 446 g/mol. The third kappa shape index (κ3) is 5.62. The number of aromatic nitrogens is 2. The van der Waals surface area contributed by atoms with Gasteiger partial charge in [-0.1, -0.05) is 42.5 Å². The summed E-state index contributed by atoms with van der Waals surface area (Å²) in [5.74, 6) is -0.0459. The fourth-order valence-electron chi connectivity index (χ4n) is 4.51. The number of fused-ring (bicyclic) bond motifs is 1. The molecule has 0 spiro atoms. The number of amides is 2. The Morgan fingerprint density at radius 2 is 1.77 bits per heavy atom. The molecule has 2 N–H and O–H groups in total. The monoisotopic (exact) mass is 477 g/mol. The Morgan fingerprint density at radius 1 is 1.09 bits per heavy atom. The minimum absolute atomic E-state index is 0.0740. The lowest BCUT2D eigenvalue weighted by Crippen LogP contribution is -2.53. The number of ether oxygens (including phenoxy) is 1. The van der Waals surface area contributed by atoms with Crippen molar-refractivity contribution in [2.24, 2.45) is 0 Å². The van der Waals surface area contributed by atoms with E-state index in [2.05, 4.69) is 15.6 Å². The first-order valence-electron chi connectivity index (χ1n) is 11.9. The number of nitrogens with one attached hydrogen (secondary N) is 2. The molecular formula is C26H31N5O4. The fraction of sp³-hybridized carbons (Fsp3) is 0.385. The molecule has 3 aromatic rings. The Kier molecular flexibility index (Phi) is 7.64. The van der Waals surface area contributed by atoms with Gasteiger partial charge in [-0.05, 0) is 37.5 Å². The van der Waals surface area contributed by atoms with Gasteiger partial charge in [0.1, 0.15) is 6.04 Å². The van der Waals surface area contributed by atoms with E-state index in [1.807, 2.05) is 66.4 Å². The van der Waals surface area contributed by atoms with Crippen molar-refractivity contribution >= 4 is 28.9 Å². The van der Waals surface area contributed by atoms with E-state index in [-0.39, 0.29) is 11.6 Å². The van der Waals surface area contributed by atoms with Crippen LogP contribution in [0.15, 0.2) is 59.4 Å². The maximum atomic E-state index is 13.1. The van der Waals surface area contributed by atoms with Crippen molar-refractivity contribution in [3.63, 3.8) is 0 Å². The molecule has 9 heteroatoms. The van der Waals surface area contributed by atoms with Crippen molar-refractivity contribution < 1.29 is 14.3 Å². The summed E-state index contributed by atoms with van der Waals surface area (Å²) in [7, 11) is 1.31. The lowest BCUT2D eigenvalue weighted by molar-refractivity contribution is -0.142. The van der Waals surface area contributed by atoms with Crippen LogP contribution in [0.25, 0.3) is 11.0 Å². The van der Waals surface area contributed by atoms with Crippen LogP contribution in [-0.4, -0.2) is 53.8 Å². The molecule has 1 unspecified atom stereocenters. The maximum absolute atomic E-state index is 13.1. The van der Waals surface area contributed by atoms with Gasteiger partial charge >= 0.3 is 12.0 Å². The molecule has 2 heterocycles. The van der Waals surface area contributed by atoms with E-state index in [1.54, 1.807) is 4.57 Å². The van der Waals surface area contributed by atoms with Crippen LogP contribution >= 0.6 is 0 Å². The average Bonchev–Trinajstić information content (AvgIpc) is 2.88. The molecule has 1 fully saturated rings. The van der Waals surface area contributed by atoms with Crippen molar-refractivity contribution in [2.45, 2.75) is 44.8 Å². The van der Waals surface area contributed by atoms with Crippen molar-refractivity contribution in [2.75, 3.05) is 25.1 Å². The Morgan fingerprint density at radius 3 is 2.46 bits per heavy atom. The molecule has 1 atom stereocenters. The summed E-state index contributed by atoms with van der Waals surface area (Å²) in [6.07, 6.45) is 1.67. The van der Waals surface area contributed by atoms with Gasteiger partial charge in [-0.2, -0.15) is 0 Å². The highest BCUT2D eigenvalue weighted by atomic mass is 16.5.